The van der Waals surface area contributed by atoms with Gasteiger partial charge in [-0.25, -0.2) is 5.10 Å². The van der Waals surface area contributed by atoms with Crippen molar-refractivity contribution in [2.45, 2.75) is 12.8 Å². The first-order chi connectivity index (χ1) is 14.0. The molecule has 0 radical (unpaired) electrons. The van der Waals surface area contributed by atoms with Crippen LogP contribution in [0, 0.1) is 5.92 Å². The number of Topliss-reactive ketones (excluding diaryl/α,β-unsaturated/α-hetero) is 1. The van der Waals surface area contributed by atoms with Crippen molar-refractivity contribution in [1.82, 2.24) is 15.1 Å². The van der Waals surface area contributed by atoms with Crippen LogP contribution in [0.25, 0.3) is 10.8 Å². The molecule has 1 aromatic heterocycles. The molecule has 0 saturated carbocycles. The summed E-state index contributed by atoms with van der Waals surface area (Å²) in [5.74, 6) is -0.433. The van der Waals surface area contributed by atoms with Crippen molar-refractivity contribution in [2.75, 3.05) is 13.1 Å². The fourth-order valence-electron chi connectivity index (χ4n) is 3.66. The third kappa shape index (κ3) is 3.78. The van der Waals surface area contributed by atoms with Crippen molar-refractivity contribution in [3.8, 4) is 0 Å². The van der Waals surface area contributed by atoms with Gasteiger partial charge in [0.05, 0.1) is 15.4 Å². The highest BCUT2D eigenvalue weighted by atomic mass is 35.5. The van der Waals surface area contributed by atoms with Crippen LogP contribution in [0.1, 0.15) is 33.7 Å². The molecule has 1 N–H and O–H groups in total. The number of carbonyl (C=O) groups is 2. The average molecular weight is 430 g/mol. The van der Waals surface area contributed by atoms with Crippen molar-refractivity contribution in [3.63, 3.8) is 0 Å². The Balaban J connectivity index is 1.49. The predicted molar refractivity (Wildman–Crippen MR) is 112 cm³/mol. The number of nitrogens with zero attached hydrogens (tertiary/aromatic N) is 2. The Morgan fingerprint density at radius 3 is 2.38 bits per heavy atom. The molecule has 2 heterocycles. The zero-order valence-electron chi connectivity index (χ0n) is 15.3. The van der Waals surface area contributed by atoms with E-state index >= 15 is 0 Å². The van der Waals surface area contributed by atoms with Crippen LogP contribution < -0.4 is 5.56 Å². The molecular weight excluding hydrogens is 413 g/mol. The molecule has 0 bridgehead atoms. The molecule has 1 aliphatic heterocycles. The summed E-state index contributed by atoms with van der Waals surface area (Å²) in [7, 11) is 0. The van der Waals surface area contributed by atoms with Gasteiger partial charge in [0, 0.05) is 30.0 Å². The Morgan fingerprint density at radius 2 is 1.69 bits per heavy atom. The van der Waals surface area contributed by atoms with Crippen LogP contribution in [0.4, 0.5) is 0 Å². The lowest BCUT2D eigenvalue weighted by Gasteiger charge is -2.31. The van der Waals surface area contributed by atoms with E-state index in [-0.39, 0.29) is 28.9 Å². The number of hydrogen-bond acceptors (Lipinski definition) is 4. The SMILES string of the molecule is O=C(c1ccc(Cl)c(Cl)c1)C1CCN(C(=O)c2n[nH]c(=O)c3ccccc23)CC1. The van der Waals surface area contributed by atoms with Gasteiger partial charge in [-0.3, -0.25) is 14.4 Å². The molecule has 1 fully saturated rings. The maximum Gasteiger partial charge on any atom is 0.274 e. The van der Waals surface area contributed by atoms with Gasteiger partial charge in [0.25, 0.3) is 11.5 Å². The lowest BCUT2D eigenvalue weighted by Crippen LogP contribution is -2.41. The summed E-state index contributed by atoms with van der Waals surface area (Å²) in [5.41, 5.74) is 0.412. The normalized spacial score (nSPS) is 14.9. The van der Waals surface area contributed by atoms with Crippen LogP contribution in [0.5, 0.6) is 0 Å². The summed E-state index contributed by atoms with van der Waals surface area (Å²) in [6, 6.07) is 11.8. The van der Waals surface area contributed by atoms with E-state index in [0.717, 1.165) is 0 Å². The molecule has 3 aromatic rings. The highest BCUT2D eigenvalue weighted by Crippen LogP contribution is 2.27. The number of carbonyl (C=O) groups excluding carboxylic acids is 2. The summed E-state index contributed by atoms with van der Waals surface area (Å²) in [6.45, 7) is 0.872. The lowest BCUT2D eigenvalue weighted by atomic mass is 9.88. The van der Waals surface area contributed by atoms with E-state index in [1.165, 1.54) is 0 Å². The number of piperidine rings is 1. The first kappa shape index (κ1) is 19.6. The van der Waals surface area contributed by atoms with E-state index in [4.69, 9.17) is 23.2 Å². The fourth-order valence-corrected chi connectivity index (χ4v) is 3.96. The Hall–Kier alpha value is -2.70. The number of H-pyrrole nitrogens is 1. The smallest absolute Gasteiger partial charge is 0.274 e. The molecule has 148 valence electrons. The standard InChI is InChI=1S/C21H17Cl2N3O3/c22-16-6-5-13(11-17(16)23)19(27)12-7-9-26(10-8-12)21(29)18-14-3-1-2-4-15(14)20(28)25-24-18/h1-6,11-12H,7-10H2,(H,25,28). The van der Waals surface area contributed by atoms with Crippen LogP contribution in [0.2, 0.25) is 10.0 Å². The maximum atomic E-state index is 13.0. The molecule has 6 nitrogen and oxygen atoms in total. The molecule has 1 amide bonds. The van der Waals surface area contributed by atoms with E-state index in [2.05, 4.69) is 10.2 Å². The summed E-state index contributed by atoms with van der Waals surface area (Å²) in [4.78, 5) is 39.3. The number of nitrogens with one attached hydrogen (secondary N) is 1. The summed E-state index contributed by atoms with van der Waals surface area (Å²) in [6.07, 6.45) is 1.10. The van der Waals surface area contributed by atoms with Crippen molar-refractivity contribution >= 4 is 45.7 Å². The molecule has 1 aliphatic rings. The Labute approximate surface area is 176 Å². The summed E-state index contributed by atoms with van der Waals surface area (Å²) >= 11 is 11.9. The fraction of sp³-hybridized carbons (Fsp3) is 0.238. The third-order valence-corrected chi connectivity index (χ3v) is 5.99. The molecular formula is C21H17Cl2N3O3. The Kier molecular flexibility index (Phi) is 5.39. The van der Waals surface area contributed by atoms with Gasteiger partial charge in [-0.2, -0.15) is 5.10 Å². The zero-order chi connectivity index (χ0) is 20.5. The molecule has 0 spiro atoms. The molecule has 4 rings (SSSR count). The second-order valence-electron chi connectivity index (χ2n) is 7.01. The van der Waals surface area contributed by atoms with Crippen LogP contribution in [0.15, 0.2) is 47.3 Å². The molecule has 0 atom stereocenters. The number of likely N-dealkylation sites (tertiary alicyclic amines) is 1. The van der Waals surface area contributed by atoms with Gasteiger partial charge in [-0.05, 0) is 37.1 Å². The number of aromatic amines is 1. The summed E-state index contributed by atoms with van der Waals surface area (Å²) < 4.78 is 0. The minimum atomic E-state index is -0.330. The van der Waals surface area contributed by atoms with E-state index < -0.39 is 0 Å². The van der Waals surface area contributed by atoms with Crippen molar-refractivity contribution in [1.29, 1.82) is 0 Å². The van der Waals surface area contributed by atoms with Gasteiger partial charge in [0.15, 0.2) is 11.5 Å². The summed E-state index contributed by atoms with van der Waals surface area (Å²) in [5, 5.41) is 8.07. The minimum Gasteiger partial charge on any atom is -0.337 e. The van der Waals surface area contributed by atoms with Gasteiger partial charge in [-0.1, -0.05) is 41.4 Å². The van der Waals surface area contributed by atoms with Gasteiger partial charge in [-0.15, -0.1) is 0 Å². The quantitative estimate of drug-likeness (QED) is 0.638. The van der Waals surface area contributed by atoms with E-state index in [1.54, 1.807) is 47.4 Å². The van der Waals surface area contributed by atoms with Crippen LogP contribution in [-0.4, -0.2) is 39.9 Å². The first-order valence-corrected chi connectivity index (χ1v) is 9.97. The largest absolute Gasteiger partial charge is 0.337 e. The van der Waals surface area contributed by atoms with Gasteiger partial charge < -0.3 is 4.90 Å². The van der Waals surface area contributed by atoms with Gasteiger partial charge >= 0.3 is 0 Å². The topological polar surface area (TPSA) is 83.1 Å². The number of rotatable bonds is 3. The molecule has 0 aliphatic carbocycles. The lowest BCUT2D eigenvalue weighted by molar-refractivity contribution is 0.0646. The number of ketones is 1. The molecule has 2 aromatic carbocycles. The van der Waals surface area contributed by atoms with E-state index in [9.17, 15) is 14.4 Å². The minimum absolute atomic E-state index is 0.00304. The second-order valence-corrected chi connectivity index (χ2v) is 7.82. The van der Waals surface area contributed by atoms with Crippen LogP contribution >= 0.6 is 23.2 Å². The van der Waals surface area contributed by atoms with E-state index in [1.807, 2.05) is 0 Å². The molecule has 29 heavy (non-hydrogen) atoms. The molecule has 8 heteroatoms. The highest BCUT2D eigenvalue weighted by Gasteiger charge is 2.30. The molecule has 0 unspecified atom stereocenters. The average Bonchev–Trinajstić information content (AvgIpc) is 2.75. The zero-order valence-corrected chi connectivity index (χ0v) is 16.8. The van der Waals surface area contributed by atoms with Crippen LogP contribution in [0.3, 0.4) is 0 Å². The number of benzene rings is 2. The Morgan fingerprint density at radius 1 is 1.00 bits per heavy atom. The second kappa shape index (κ2) is 7.97. The van der Waals surface area contributed by atoms with Gasteiger partial charge in [0.1, 0.15) is 0 Å². The van der Waals surface area contributed by atoms with Crippen molar-refractivity contribution in [2.24, 2.45) is 5.92 Å². The van der Waals surface area contributed by atoms with Crippen molar-refractivity contribution < 1.29 is 9.59 Å². The number of halogens is 2. The van der Waals surface area contributed by atoms with Gasteiger partial charge in [0.2, 0.25) is 0 Å². The molecule has 1 saturated heterocycles. The highest BCUT2D eigenvalue weighted by molar-refractivity contribution is 6.42. The first-order valence-electron chi connectivity index (χ1n) is 9.21. The van der Waals surface area contributed by atoms with Crippen molar-refractivity contribution in [3.05, 3.63) is 74.1 Å². The number of hydrogen-bond donors (Lipinski definition) is 1. The number of amides is 1. The number of aromatic nitrogens is 2. The monoisotopic (exact) mass is 429 g/mol. The maximum absolute atomic E-state index is 13.0. The predicted octanol–water partition coefficient (Wildman–Crippen LogP) is 3.97. The van der Waals surface area contributed by atoms with E-state index in [0.29, 0.717) is 52.3 Å². The Bertz CT molecular complexity index is 1170. The number of fused-ring (bicyclic) bond motifs is 1. The third-order valence-electron chi connectivity index (χ3n) is 5.26. The van der Waals surface area contributed by atoms with Crippen LogP contribution in [-0.2, 0) is 0 Å².